The highest BCUT2D eigenvalue weighted by Gasteiger charge is 2.15. The Kier molecular flexibility index (Phi) is 6.87. The van der Waals surface area contributed by atoms with Gasteiger partial charge >= 0.3 is 5.97 Å². The summed E-state index contributed by atoms with van der Waals surface area (Å²) in [5.74, 6) is 0.932. The van der Waals surface area contributed by atoms with Crippen LogP contribution < -0.4 is 15.2 Å². The molecule has 1 atom stereocenters. The van der Waals surface area contributed by atoms with Crippen molar-refractivity contribution in [3.8, 4) is 11.5 Å². The summed E-state index contributed by atoms with van der Waals surface area (Å²) in [6, 6.07) is 4.88. The molecule has 0 amide bonds. The highest BCUT2D eigenvalue weighted by Crippen LogP contribution is 2.28. The molecule has 0 aliphatic heterocycles. The molecule has 20 heavy (non-hydrogen) atoms. The number of carbonyl (C=O) groups is 1. The number of unbranched alkanes of at least 4 members (excludes halogenated alkanes) is 1. The van der Waals surface area contributed by atoms with Crippen molar-refractivity contribution in [2.45, 2.75) is 32.2 Å². The van der Waals surface area contributed by atoms with Crippen LogP contribution in [0.5, 0.6) is 11.5 Å². The molecule has 1 aromatic rings. The number of benzene rings is 1. The van der Waals surface area contributed by atoms with Gasteiger partial charge in [0.25, 0.3) is 0 Å². The highest BCUT2D eigenvalue weighted by molar-refractivity contribution is 5.75. The lowest BCUT2D eigenvalue weighted by Crippen LogP contribution is -2.33. The van der Waals surface area contributed by atoms with Gasteiger partial charge in [0.1, 0.15) is 6.04 Å². The topological polar surface area (TPSA) is 70.8 Å². The monoisotopic (exact) mass is 281 g/mol. The molecule has 0 bridgehead atoms. The molecule has 2 N–H and O–H groups in total. The first kappa shape index (κ1) is 16.3. The van der Waals surface area contributed by atoms with Crippen LogP contribution in [0.15, 0.2) is 18.2 Å². The van der Waals surface area contributed by atoms with Gasteiger partial charge in [0.15, 0.2) is 11.5 Å². The average Bonchev–Trinajstić information content (AvgIpc) is 2.47. The average molecular weight is 281 g/mol. The van der Waals surface area contributed by atoms with Crippen LogP contribution in [0.3, 0.4) is 0 Å². The zero-order valence-corrected chi connectivity index (χ0v) is 12.3. The van der Waals surface area contributed by atoms with Gasteiger partial charge in [0, 0.05) is 0 Å². The number of esters is 1. The summed E-state index contributed by atoms with van der Waals surface area (Å²) in [6.45, 7) is 2.74. The molecular weight excluding hydrogens is 258 g/mol. The molecule has 0 unspecified atom stereocenters. The second kappa shape index (κ2) is 8.43. The van der Waals surface area contributed by atoms with E-state index >= 15 is 0 Å². The Balaban J connectivity index is 2.77. The smallest absolute Gasteiger partial charge is 0.322 e. The molecule has 0 saturated heterocycles. The predicted octanol–water partition coefficient (Wildman–Crippen LogP) is 1.92. The summed E-state index contributed by atoms with van der Waals surface area (Å²) in [5, 5.41) is 0. The van der Waals surface area contributed by atoms with Crippen LogP contribution in [0, 0.1) is 0 Å². The van der Waals surface area contributed by atoms with Crippen LogP contribution in [-0.4, -0.2) is 32.8 Å². The minimum Gasteiger partial charge on any atom is -0.493 e. The third-order valence-corrected chi connectivity index (χ3v) is 2.94. The van der Waals surface area contributed by atoms with Crippen LogP contribution in [-0.2, 0) is 16.0 Å². The van der Waals surface area contributed by atoms with Crippen molar-refractivity contribution in [2.75, 3.05) is 20.8 Å². The van der Waals surface area contributed by atoms with Crippen molar-refractivity contribution in [1.82, 2.24) is 0 Å². The molecular formula is C15H23NO4. The summed E-state index contributed by atoms with van der Waals surface area (Å²) < 4.78 is 15.6. The summed E-state index contributed by atoms with van der Waals surface area (Å²) >= 11 is 0. The number of nitrogens with two attached hydrogens (primary N) is 1. The maximum absolute atomic E-state index is 11.3. The van der Waals surface area contributed by atoms with Gasteiger partial charge in [-0.2, -0.15) is 0 Å². The number of ether oxygens (including phenoxy) is 3. The molecule has 0 saturated carbocycles. The molecule has 112 valence electrons. The van der Waals surface area contributed by atoms with Crippen molar-refractivity contribution in [1.29, 1.82) is 0 Å². The summed E-state index contributed by atoms with van der Waals surface area (Å²) in [7, 11) is 2.93. The Hall–Kier alpha value is -1.75. The van der Waals surface area contributed by atoms with Gasteiger partial charge in [0.2, 0.25) is 0 Å². The van der Waals surface area contributed by atoms with E-state index < -0.39 is 12.0 Å². The largest absolute Gasteiger partial charge is 0.493 e. The number of rotatable bonds is 8. The fraction of sp³-hybridized carbons (Fsp3) is 0.533. The number of hydrogen-bond acceptors (Lipinski definition) is 5. The SMILES string of the molecule is CCCCOc1cc(C[C@H](N)C(=O)OC)ccc1OC. The quantitative estimate of drug-likeness (QED) is 0.582. The first-order valence-electron chi connectivity index (χ1n) is 6.75. The Morgan fingerprint density at radius 1 is 1.30 bits per heavy atom. The molecule has 1 rings (SSSR count). The molecule has 0 fully saturated rings. The van der Waals surface area contributed by atoms with Gasteiger partial charge in [-0.1, -0.05) is 19.4 Å². The van der Waals surface area contributed by atoms with Crippen LogP contribution in [0.2, 0.25) is 0 Å². The minimum absolute atomic E-state index is 0.404. The van der Waals surface area contributed by atoms with Crippen molar-refractivity contribution in [2.24, 2.45) is 5.73 Å². The fourth-order valence-corrected chi connectivity index (χ4v) is 1.78. The van der Waals surface area contributed by atoms with E-state index in [2.05, 4.69) is 11.7 Å². The van der Waals surface area contributed by atoms with E-state index in [1.165, 1.54) is 7.11 Å². The second-order valence-corrected chi connectivity index (χ2v) is 4.52. The maximum atomic E-state index is 11.3. The Bertz CT molecular complexity index is 434. The number of carbonyl (C=O) groups excluding carboxylic acids is 1. The Morgan fingerprint density at radius 2 is 2.05 bits per heavy atom. The predicted molar refractivity (Wildman–Crippen MR) is 77.1 cm³/mol. The molecule has 0 aromatic heterocycles. The zero-order chi connectivity index (χ0) is 15.0. The molecule has 0 spiro atoms. The fourth-order valence-electron chi connectivity index (χ4n) is 1.78. The molecule has 0 heterocycles. The van der Waals surface area contributed by atoms with Gasteiger partial charge in [-0.3, -0.25) is 4.79 Å². The summed E-state index contributed by atoms with van der Waals surface area (Å²) in [6.07, 6.45) is 2.45. The lowest BCUT2D eigenvalue weighted by Gasteiger charge is -2.14. The standard InChI is InChI=1S/C15H23NO4/c1-4-5-8-20-14-10-11(6-7-13(14)18-2)9-12(16)15(17)19-3/h6-7,10,12H,4-5,8-9,16H2,1-3H3/t12-/m0/s1. The van der Waals surface area contributed by atoms with E-state index in [0.29, 0.717) is 24.5 Å². The van der Waals surface area contributed by atoms with Crippen molar-refractivity contribution in [3.63, 3.8) is 0 Å². The van der Waals surface area contributed by atoms with E-state index in [-0.39, 0.29) is 0 Å². The van der Waals surface area contributed by atoms with Crippen LogP contribution >= 0.6 is 0 Å². The van der Waals surface area contributed by atoms with Gasteiger partial charge in [-0.15, -0.1) is 0 Å². The van der Waals surface area contributed by atoms with Crippen molar-refractivity contribution in [3.05, 3.63) is 23.8 Å². The first-order valence-corrected chi connectivity index (χ1v) is 6.75. The summed E-state index contributed by atoms with van der Waals surface area (Å²) in [4.78, 5) is 11.3. The molecule has 0 radical (unpaired) electrons. The lowest BCUT2D eigenvalue weighted by atomic mass is 10.1. The van der Waals surface area contributed by atoms with Gasteiger partial charge in [-0.25, -0.2) is 0 Å². The zero-order valence-electron chi connectivity index (χ0n) is 12.3. The first-order chi connectivity index (χ1) is 9.62. The summed E-state index contributed by atoms with van der Waals surface area (Å²) in [5.41, 5.74) is 6.67. The molecule has 5 heteroatoms. The third kappa shape index (κ3) is 4.74. The van der Waals surface area contributed by atoms with E-state index in [4.69, 9.17) is 15.2 Å². The van der Waals surface area contributed by atoms with Crippen molar-refractivity contribution >= 4 is 5.97 Å². The maximum Gasteiger partial charge on any atom is 0.322 e. The molecule has 0 aliphatic carbocycles. The second-order valence-electron chi connectivity index (χ2n) is 4.52. The van der Waals surface area contributed by atoms with Crippen LogP contribution in [0.1, 0.15) is 25.3 Å². The van der Waals surface area contributed by atoms with Crippen molar-refractivity contribution < 1.29 is 19.0 Å². The Morgan fingerprint density at radius 3 is 2.65 bits per heavy atom. The van der Waals surface area contributed by atoms with Crippen LogP contribution in [0.4, 0.5) is 0 Å². The number of hydrogen-bond donors (Lipinski definition) is 1. The van der Waals surface area contributed by atoms with E-state index in [9.17, 15) is 4.79 Å². The van der Waals surface area contributed by atoms with Crippen LogP contribution in [0.25, 0.3) is 0 Å². The molecule has 1 aromatic carbocycles. The van der Waals surface area contributed by atoms with Gasteiger partial charge in [0.05, 0.1) is 20.8 Å². The molecule has 0 aliphatic rings. The molecule has 5 nitrogen and oxygen atoms in total. The lowest BCUT2D eigenvalue weighted by molar-refractivity contribution is -0.142. The Labute approximate surface area is 120 Å². The van der Waals surface area contributed by atoms with Gasteiger partial charge in [-0.05, 0) is 30.5 Å². The van der Waals surface area contributed by atoms with E-state index in [0.717, 1.165) is 18.4 Å². The highest BCUT2D eigenvalue weighted by atomic mass is 16.5. The third-order valence-electron chi connectivity index (χ3n) is 2.94. The minimum atomic E-state index is -0.670. The number of methoxy groups -OCH3 is 2. The van der Waals surface area contributed by atoms with E-state index in [1.807, 2.05) is 18.2 Å². The van der Waals surface area contributed by atoms with Gasteiger partial charge < -0.3 is 19.9 Å². The normalized spacial score (nSPS) is 11.8. The van der Waals surface area contributed by atoms with E-state index in [1.54, 1.807) is 7.11 Å².